The first kappa shape index (κ1) is 11.3. The lowest BCUT2D eigenvalue weighted by Gasteiger charge is -2.18. The van der Waals surface area contributed by atoms with Crippen LogP contribution in [0.25, 0.3) is 0 Å². The highest BCUT2D eigenvalue weighted by molar-refractivity contribution is 5.43. The van der Waals surface area contributed by atoms with Gasteiger partial charge < -0.3 is 9.47 Å². The standard InChI is InChI=1S/C11H14N2O2/c1-11(2,7-12)8-6-13-10(15-4)5-9(8)14-3/h5-6H,1-4H3. The van der Waals surface area contributed by atoms with Crippen molar-refractivity contribution in [1.29, 1.82) is 5.26 Å². The summed E-state index contributed by atoms with van der Waals surface area (Å²) in [7, 11) is 3.10. The molecular weight excluding hydrogens is 192 g/mol. The fourth-order valence-corrected chi connectivity index (χ4v) is 1.23. The van der Waals surface area contributed by atoms with Gasteiger partial charge in [-0.05, 0) is 13.8 Å². The Hall–Kier alpha value is -1.76. The summed E-state index contributed by atoms with van der Waals surface area (Å²) in [6.45, 7) is 3.64. The van der Waals surface area contributed by atoms with Crippen LogP contribution in [0, 0.1) is 11.3 Å². The molecule has 1 heterocycles. The van der Waals surface area contributed by atoms with E-state index in [0.717, 1.165) is 5.56 Å². The molecule has 1 rings (SSSR count). The second-order valence-electron chi connectivity index (χ2n) is 3.66. The molecule has 0 amide bonds. The minimum atomic E-state index is -0.620. The normalized spacial score (nSPS) is 10.6. The number of ether oxygens (including phenoxy) is 2. The van der Waals surface area contributed by atoms with E-state index in [1.165, 1.54) is 7.11 Å². The van der Waals surface area contributed by atoms with Gasteiger partial charge in [-0.3, -0.25) is 0 Å². The molecule has 0 N–H and O–H groups in total. The van der Waals surface area contributed by atoms with Crippen molar-refractivity contribution in [3.8, 4) is 17.7 Å². The van der Waals surface area contributed by atoms with Gasteiger partial charge in [-0.25, -0.2) is 4.98 Å². The molecule has 0 fully saturated rings. The number of hydrogen-bond acceptors (Lipinski definition) is 4. The highest BCUT2D eigenvalue weighted by Crippen LogP contribution is 2.32. The second kappa shape index (κ2) is 4.18. The molecule has 0 radical (unpaired) electrons. The number of hydrogen-bond donors (Lipinski definition) is 0. The van der Waals surface area contributed by atoms with Crippen LogP contribution >= 0.6 is 0 Å². The molecule has 0 saturated carbocycles. The molecule has 0 aliphatic rings. The van der Waals surface area contributed by atoms with E-state index in [-0.39, 0.29) is 0 Å². The Morgan fingerprint density at radius 1 is 1.33 bits per heavy atom. The molecule has 0 atom stereocenters. The van der Waals surface area contributed by atoms with Gasteiger partial charge in [-0.15, -0.1) is 0 Å². The molecule has 0 bridgehead atoms. The minimum absolute atomic E-state index is 0.476. The highest BCUT2D eigenvalue weighted by atomic mass is 16.5. The summed E-state index contributed by atoms with van der Waals surface area (Å²) in [5, 5.41) is 9.03. The van der Waals surface area contributed by atoms with Crippen LogP contribution in [0.1, 0.15) is 19.4 Å². The molecule has 80 valence electrons. The summed E-state index contributed by atoms with van der Waals surface area (Å²) in [6.07, 6.45) is 1.61. The SMILES string of the molecule is COc1cc(OC)c(C(C)(C)C#N)cn1. The molecule has 0 unspecified atom stereocenters. The first-order valence-electron chi connectivity index (χ1n) is 4.55. The Morgan fingerprint density at radius 2 is 2.00 bits per heavy atom. The Kier molecular flexibility index (Phi) is 3.15. The molecule has 1 aromatic rings. The first-order valence-corrected chi connectivity index (χ1v) is 4.55. The maximum atomic E-state index is 9.03. The Morgan fingerprint density at radius 3 is 2.47 bits per heavy atom. The van der Waals surface area contributed by atoms with Gasteiger partial charge in [0.2, 0.25) is 5.88 Å². The van der Waals surface area contributed by atoms with Crippen molar-refractivity contribution in [2.75, 3.05) is 14.2 Å². The van der Waals surface area contributed by atoms with Crippen LogP contribution in [0.15, 0.2) is 12.3 Å². The van der Waals surface area contributed by atoms with Gasteiger partial charge in [0.25, 0.3) is 0 Å². The number of aromatic nitrogens is 1. The summed E-state index contributed by atoms with van der Waals surface area (Å²) < 4.78 is 10.2. The number of nitriles is 1. The van der Waals surface area contributed by atoms with E-state index in [2.05, 4.69) is 11.1 Å². The van der Waals surface area contributed by atoms with Gasteiger partial charge in [-0.2, -0.15) is 5.26 Å². The summed E-state index contributed by atoms with van der Waals surface area (Å²) >= 11 is 0. The number of nitrogens with zero attached hydrogens (tertiary/aromatic N) is 2. The fraction of sp³-hybridized carbons (Fsp3) is 0.455. The van der Waals surface area contributed by atoms with Gasteiger partial charge in [0.05, 0.1) is 25.7 Å². The van der Waals surface area contributed by atoms with E-state index >= 15 is 0 Å². The molecule has 15 heavy (non-hydrogen) atoms. The van der Waals surface area contributed by atoms with Crippen molar-refractivity contribution in [2.45, 2.75) is 19.3 Å². The maximum absolute atomic E-state index is 9.03. The summed E-state index contributed by atoms with van der Waals surface area (Å²) in [5.41, 5.74) is 0.137. The van der Waals surface area contributed by atoms with Gasteiger partial charge in [-0.1, -0.05) is 0 Å². The Labute approximate surface area is 89.5 Å². The van der Waals surface area contributed by atoms with Crippen molar-refractivity contribution in [1.82, 2.24) is 4.98 Å². The lowest BCUT2D eigenvalue weighted by atomic mass is 9.87. The van der Waals surface area contributed by atoms with Crippen molar-refractivity contribution in [2.24, 2.45) is 0 Å². The van der Waals surface area contributed by atoms with Crippen LogP contribution in [0.2, 0.25) is 0 Å². The van der Waals surface area contributed by atoms with E-state index in [9.17, 15) is 0 Å². The average Bonchev–Trinajstić information content (AvgIpc) is 2.28. The number of methoxy groups -OCH3 is 2. The summed E-state index contributed by atoms with van der Waals surface area (Å²) in [4.78, 5) is 4.07. The van der Waals surface area contributed by atoms with Gasteiger partial charge >= 0.3 is 0 Å². The van der Waals surface area contributed by atoms with Gasteiger partial charge in [0, 0.05) is 17.8 Å². The largest absolute Gasteiger partial charge is 0.496 e. The summed E-state index contributed by atoms with van der Waals surface area (Å²) in [5.74, 6) is 1.10. The van der Waals surface area contributed by atoms with E-state index in [1.54, 1.807) is 19.4 Å². The molecule has 1 aromatic heterocycles. The van der Waals surface area contributed by atoms with Crippen LogP contribution in [0.5, 0.6) is 11.6 Å². The molecule has 0 aromatic carbocycles. The quantitative estimate of drug-likeness (QED) is 0.757. The van der Waals surface area contributed by atoms with Crippen molar-refractivity contribution >= 4 is 0 Å². The van der Waals surface area contributed by atoms with E-state index in [1.807, 2.05) is 13.8 Å². The lowest BCUT2D eigenvalue weighted by molar-refractivity contribution is 0.375. The fourth-order valence-electron chi connectivity index (χ4n) is 1.23. The second-order valence-corrected chi connectivity index (χ2v) is 3.66. The van der Waals surface area contributed by atoms with Crippen molar-refractivity contribution in [3.05, 3.63) is 17.8 Å². The lowest BCUT2D eigenvalue weighted by Crippen LogP contribution is -2.15. The summed E-state index contributed by atoms with van der Waals surface area (Å²) in [6, 6.07) is 3.88. The van der Waals surface area contributed by atoms with Crippen molar-refractivity contribution < 1.29 is 9.47 Å². The smallest absolute Gasteiger partial charge is 0.216 e. The molecule has 0 aliphatic heterocycles. The van der Waals surface area contributed by atoms with Crippen LogP contribution < -0.4 is 9.47 Å². The molecule has 0 spiro atoms. The molecule has 0 aliphatic carbocycles. The predicted molar refractivity (Wildman–Crippen MR) is 56.0 cm³/mol. The first-order chi connectivity index (χ1) is 7.05. The van der Waals surface area contributed by atoms with Crippen LogP contribution in [-0.4, -0.2) is 19.2 Å². The Bertz CT molecular complexity index is 394. The molecule has 0 saturated heterocycles. The average molecular weight is 206 g/mol. The zero-order chi connectivity index (χ0) is 11.5. The van der Waals surface area contributed by atoms with Gasteiger partial charge in [0.1, 0.15) is 5.75 Å². The minimum Gasteiger partial charge on any atom is -0.496 e. The van der Waals surface area contributed by atoms with E-state index in [0.29, 0.717) is 11.6 Å². The number of pyridine rings is 1. The topological polar surface area (TPSA) is 55.1 Å². The van der Waals surface area contributed by atoms with Gasteiger partial charge in [0.15, 0.2) is 0 Å². The van der Waals surface area contributed by atoms with Crippen LogP contribution in [0.3, 0.4) is 0 Å². The predicted octanol–water partition coefficient (Wildman–Crippen LogP) is 1.90. The van der Waals surface area contributed by atoms with Crippen molar-refractivity contribution in [3.63, 3.8) is 0 Å². The van der Waals surface area contributed by atoms with Crippen LogP contribution in [0.4, 0.5) is 0 Å². The maximum Gasteiger partial charge on any atom is 0.216 e. The molecule has 4 heteroatoms. The molecule has 4 nitrogen and oxygen atoms in total. The van der Waals surface area contributed by atoms with E-state index < -0.39 is 5.41 Å². The van der Waals surface area contributed by atoms with Crippen LogP contribution in [-0.2, 0) is 5.41 Å². The Balaban J connectivity index is 3.26. The molecular formula is C11H14N2O2. The highest BCUT2D eigenvalue weighted by Gasteiger charge is 2.24. The van der Waals surface area contributed by atoms with E-state index in [4.69, 9.17) is 14.7 Å². The monoisotopic (exact) mass is 206 g/mol. The third-order valence-corrected chi connectivity index (χ3v) is 2.22. The number of rotatable bonds is 3. The third kappa shape index (κ3) is 2.18. The zero-order valence-corrected chi connectivity index (χ0v) is 9.37. The zero-order valence-electron chi connectivity index (χ0n) is 9.37. The third-order valence-electron chi connectivity index (χ3n) is 2.22.